The molecule has 0 radical (unpaired) electrons. The first kappa shape index (κ1) is 14.1. The third-order valence-electron chi connectivity index (χ3n) is 2.93. The van der Waals surface area contributed by atoms with Crippen LogP contribution in [0.1, 0.15) is 16.7 Å². The van der Waals surface area contributed by atoms with Gasteiger partial charge in [0.05, 0.1) is 4.47 Å². The minimum absolute atomic E-state index is 0.843. The molecule has 0 unspecified atom stereocenters. The van der Waals surface area contributed by atoms with E-state index in [1.807, 2.05) is 25.2 Å². The molecule has 0 heterocycles. The summed E-state index contributed by atoms with van der Waals surface area (Å²) in [6, 6.07) is 12.3. The molecular formula is C16H18BrNO. The molecule has 0 saturated carbocycles. The fraction of sp³-hybridized carbons (Fsp3) is 0.250. The van der Waals surface area contributed by atoms with E-state index in [1.54, 1.807) is 0 Å². The molecule has 19 heavy (non-hydrogen) atoms. The summed E-state index contributed by atoms with van der Waals surface area (Å²) in [5, 5.41) is 3.15. The molecule has 2 aromatic rings. The number of benzene rings is 2. The molecule has 2 rings (SSSR count). The maximum atomic E-state index is 5.96. The van der Waals surface area contributed by atoms with Gasteiger partial charge in [-0.15, -0.1) is 0 Å². The Morgan fingerprint density at radius 1 is 1.05 bits per heavy atom. The molecule has 1 N–H and O–H groups in total. The second-order valence-electron chi connectivity index (χ2n) is 4.67. The van der Waals surface area contributed by atoms with Crippen LogP contribution in [-0.4, -0.2) is 7.05 Å². The van der Waals surface area contributed by atoms with Gasteiger partial charge in [0.25, 0.3) is 0 Å². The summed E-state index contributed by atoms with van der Waals surface area (Å²) in [7, 11) is 1.95. The number of aryl methyl sites for hydroxylation is 2. The molecule has 0 saturated heterocycles. The smallest absolute Gasteiger partial charge is 0.141 e. The maximum Gasteiger partial charge on any atom is 0.141 e. The van der Waals surface area contributed by atoms with Crippen LogP contribution < -0.4 is 10.1 Å². The monoisotopic (exact) mass is 319 g/mol. The standard InChI is InChI=1S/C16H18BrNO/c1-11-4-6-16(14(17)8-11)19-15-7-5-13(10-18-3)9-12(15)2/h4-9,18H,10H2,1-3H3. The number of halogens is 1. The minimum Gasteiger partial charge on any atom is -0.456 e. The van der Waals surface area contributed by atoms with Gasteiger partial charge in [-0.2, -0.15) is 0 Å². The summed E-state index contributed by atoms with van der Waals surface area (Å²) in [4.78, 5) is 0. The van der Waals surface area contributed by atoms with Crippen molar-refractivity contribution < 1.29 is 4.74 Å². The van der Waals surface area contributed by atoms with Gasteiger partial charge in [-0.05, 0) is 71.7 Å². The van der Waals surface area contributed by atoms with E-state index in [-0.39, 0.29) is 0 Å². The van der Waals surface area contributed by atoms with E-state index in [2.05, 4.69) is 53.3 Å². The largest absolute Gasteiger partial charge is 0.456 e. The summed E-state index contributed by atoms with van der Waals surface area (Å²) in [5.74, 6) is 1.74. The predicted molar refractivity (Wildman–Crippen MR) is 82.9 cm³/mol. The minimum atomic E-state index is 0.843. The lowest BCUT2D eigenvalue weighted by Crippen LogP contribution is -2.05. The Bertz CT molecular complexity index is 581. The molecule has 0 spiro atoms. The number of hydrogen-bond donors (Lipinski definition) is 1. The molecule has 0 amide bonds. The lowest BCUT2D eigenvalue weighted by molar-refractivity contribution is 0.475. The zero-order chi connectivity index (χ0) is 13.8. The Hall–Kier alpha value is -1.32. The van der Waals surface area contributed by atoms with Crippen LogP contribution in [0.2, 0.25) is 0 Å². The van der Waals surface area contributed by atoms with Gasteiger partial charge in [-0.1, -0.05) is 18.2 Å². The molecule has 0 aliphatic heterocycles. The van der Waals surface area contributed by atoms with Gasteiger partial charge in [-0.3, -0.25) is 0 Å². The lowest BCUT2D eigenvalue weighted by Gasteiger charge is -2.12. The summed E-state index contributed by atoms with van der Waals surface area (Å²) < 4.78 is 6.94. The average molecular weight is 320 g/mol. The van der Waals surface area contributed by atoms with E-state index in [0.717, 1.165) is 28.1 Å². The average Bonchev–Trinajstić information content (AvgIpc) is 2.36. The summed E-state index contributed by atoms with van der Waals surface area (Å²) in [5.41, 5.74) is 3.61. The molecule has 0 atom stereocenters. The highest BCUT2D eigenvalue weighted by Gasteiger charge is 2.06. The van der Waals surface area contributed by atoms with Crippen molar-refractivity contribution in [3.63, 3.8) is 0 Å². The Kier molecular flexibility index (Phi) is 4.61. The Morgan fingerprint density at radius 3 is 2.42 bits per heavy atom. The molecule has 0 aliphatic carbocycles. The van der Waals surface area contributed by atoms with Gasteiger partial charge < -0.3 is 10.1 Å². The van der Waals surface area contributed by atoms with Crippen LogP contribution >= 0.6 is 15.9 Å². The molecule has 2 aromatic carbocycles. The van der Waals surface area contributed by atoms with E-state index in [4.69, 9.17) is 4.74 Å². The third-order valence-corrected chi connectivity index (χ3v) is 3.55. The topological polar surface area (TPSA) is 21.3 Å². The first-order chi connectivity index (χ1) is 9.10. The SMILES string of the molecule is CNCc1ccc(Oc2ccc(C)cc2Br)c(C)c1. The van der Waals surface area contributed by atoms with Crippen molar-refractivity contribution in [1.29, 1.82) is 0 Å². The van der Waals surface area contributed by atoms with Crippen molar-refractivity contribution in [1.82, 2.24) is 5.32 Å². The molecular weight excluding hydrogens is 302 g/mol. The van der Waals surface area contributed by atoms with Crippen LogP contribution in [0.15, 0.2) is 40.9 Å². The van der Waals surface area contributed by atoms with Gasteiger partial charge in [0.1, 0.15) is 11.5 Å². The second kappa shape index (κ2) is 6.22. The zero-order valence-corrected chi connectivity index (χ0v) is 13.0. The molecule has 0 bridgehead atoms. The Labute approximate surface area is 122 Å². The number of ether oxygens (including phenoxy) is 1. The summed E-state index contributed by atoms with van der Waals surface area (Å²) >= 11 is 3.53. The van der Waals surface area contributed by atoms with Gasteiger partial charge in [0.15, 0.2) is 0 Å². The van der Waals surface area contributed by atoms with Crippen molar-refractivity contribution in [2.24, 2.45) is 0 Å². The van der Waals surface area contributed by atoms with Crippen molar-refractivity contribution >= 4 is 15.9 Å². The zero-order valence-electron chi connectivity index (χ0n) is 11.5. The highest BCUT2D eigenvalue weighted by Crippen LogP contribution is 2.32. The van der Waals surface area contributed by atoms with E-state index in [0.29, 0.717) is 0 Å². The van der Waals surface area contributed by atoms with E-state index in [1.165, 1.54) is 11.1 Å². The van der Waals surface area contributed by atoms with Crippen LogP contribution in [0, 0.1) is 13.8 Å². The van der Waals surface area contributed by atoms with Crippen LogP contribution in [0.4, 0.5) is 0 Å². The van der Waals surface area contributed by atoms with Crippen molar-refractivity contribution in [3.8, 4) is 11.5 Å². The molecule has 0 fully saturated rings. The predicted octanol–water partition coefficient (Wildman–Crippen LogP) is 4.58. The lowest BCUT2D eigenvalue weighted by atomic mass is 10.1. The molecule has 2 nitrogen and oxygen atoms in total. The van der Waals surface area contributed by atoms with Gasteiger partial charge in [-0.25, -0.2) is 0 Å². The van der Waals surface area contributed by atoms with E-state index < -0.39 is 0 Å². The molecule has 0 aromatic heterocycles. The fourth-order valence-corrected chi connectivity index (χ4v) is 2.52. The van der Waals surface area contributed by atoms with Gasteiger partial charge in [0.2, 0.25) is 0 Å². The van der Waals surface area contributed by atoms with Crippen molar-refractivity contribution in [3.05, 3.63) is 57.6 Å². The first-order valence-corrected chi connectivity index (χ1v) is 7.07. The summed E-state index contributed by atoms with van der Waals surface area (Å²) in [6.45, 7) is 5.00. The highest BCUT2D eigenvalue weighted by atomic mass is 79.9. The van der Waals surface area contributed by atoms with Crippen LogP contribution in [-0.2, 0) is 6.54 Å². The summed E-state index contributed by atoms with van der Waals surface area (Å²) in [6.07, 6.45) is 0. The third kappa shape index (κ3) is 3.58. The highest BCUT2D eigenvalue weighted by molar-refractivity contribution is 9.10. The second-order valence-corrected chi connectivity index (χ2v) is 5.52. The fourth-order valence-electron chi connectivity index (χ4n) is 1.95. The Balaban J connectivity index is 2.23. The number of rotatable bonds is 4. The molecule has 100 valence electrons. The van der Waals surface area contributed by atoms with Gasteiger partial charge >= 0.3 is 0 Å². The maximum absolute atomic E-state index is 5.96. The van der Waals surface area contributed by atoms with E-state index >= 15 is 0 Å². The number of hydrogen-bond acceptors (Lipinski definition) is 2. The Morgan fingerprint density at radius 2 is 1.79 bits per heavy atom. The van der Waals surface area contributed by atoms with Crippen LogP contribution in [0.5, 0.6) is 11.5 Å². The first-order valence-electron chi connectivity index (χ1n) is 6.28. The quantitative estimate of drug-likeness (QED) is 0.890. The van der Waals surface area contributed by atoms with Crippen molar-refractivity contribution in [2.75, 3.05) is 7.05 Å². The van der Waals surface area contributed by atoms with Crippen molar-refractivity contribution in [2.45, 2.75) is 20.4 Å². The normalized spacial score (nSPS) is 10.5. The van der Waals surface area contributed by atoms with Gasteiger partial charge in [0, 0.05) is 6.54 Å². The van der Waals surface area contributed by atoms with Crippen LogP contribution in [0.3, 0.4) is 0 Å². The number of nitrogens with one attached hydrogen (secondary N) is 1. The van der Waals surface area contributed by atoms with E-state index in [9.17, 15) is 0 Å². The molecule has 3 heteroatoms. The van der Waals surface area contributed by atoms with Crippen LogP contribution in [0.25, 0.3) is 0 Å². The molecule has 0 aliphatic rings.